The third-order valence-electron chi connectivity index (χ3n) is 3.64. The fourth-order valence-electron chi connectivity index (χ4n) is 2.37. The molecule has 1 N–H and O–H groups in total. The molecule has 2 aromatic rings. The summed E-state index contributed by atoms with van der Waals surface area (Å²) < 4.78 is 0. The first kappa shape index (κ1) is 18.0. The predicted octanol–water partition coefficient (Wildman–Crippen LogP) is 3.36. The number of hydrogen-bond acceptors (Lipinski definition) is 2. The van der Waals surface area contributed by atoms with Crippen LogP contribution in [0.25, 0.3) is 0 Å². The Morgan fingerprint density at radius 1 is 1.12 bits per heavy atom. The highest BCUT2D eigenvalue weighted by molar-refractivity contribution is 6.30. The van der Waals surface area contributed by atoms with Gasteiger partial charge in [0.25, 0.3) is 0 Å². The van der Waals surface area contributed by atoms with Gasteiger partial charge in [-0.05, 0) is 30.7 Å². The van der Waals surface area contributed by atoms with Crippen LogP contribution in [0.1, 0.15) is 18.1 Å². The molecule has 4 nitrogen and oxygen atoms in total. The van der Waals surface area contributed by atoms with E-state index in [1.165, 1.54) is 6.92 Å². The van der Waals surface area contributed by atoms with E-state index in [9.17, 15) is 9.59 Å². The lowest BCUT2D eigenvalue weighted by Gasteiger charge is -2.21. The molecule has 0 aliphatic rings. The predicted molar refractivity (Wildman–Crippen MR) is 97.4 cm³/mol. The topological polar surface area (TPSA) is 49.4 Å². The van der Waals surface area contributed by atoms with E-state index in [4.69, 9.17) is 11.6 Å². The van der Waals surface area contributed by atoms with Gasteiger partial charge in [0.1, 0.15) is 0 Å². The number of halogens is 1. The number of aryl methyl sites for hydroxylation is 1. The van der Waals surface area contributed by atoms with E-state index in [2.05, 4.69) is 5.32 Å². The average Bonchev–Trinajstić information content (AvgIpc) is 2.53. The molecule has 0 heterocycles. The minimum atomic E-state index is -0.0925. The van der Waals surface area contributed by atoms with Gasteiger partial charge in [-0.25, -0.2) is 0 Å². The van der Waals surface area contributed by atoms with Gasteiger partial charge in [-0.2, -0.15) is 0 Å². The maximum atomic E-state index is 12.0. The molecule has 0 spiro atoms. The van der Waals surface area contributed by atoms with E-state index in [1.807, 2.05) is 37.3 Å². The molecule has 0 saturated heterocycles. The monoisotopic (exact) mass is 344 g/mol. The fourth-order valence-corrected chi connectivity index (χ4v) is 2.56. The van der Waals surface area contributed by atoms with Crippen LogP contribution in [0.3, 0.4) is 0 Å². The van der Waals surface area contributed by atoms with E-state index >= 15 is 0 Å². The molecule has 24 heavy (non-hydrogen) atoms. The molecule has 2 aromatic carbocycles. The first-order valence-corrected chi connectivity index (χ1v) is 8.19. The Bertz CT molecular complexity index is 714. The zero-order valence-corrected chi connectivity index (χ0v) is 14.6. The van der Waals surface area contributed by atoms with E-state index < -0.39 is 0 Å². The summed E-state index contributed by atoms with van der Waals surface area (Å²) in [7, 11) is 0. The smallest absolute Gasteiger partial charge is 0.224 e. The number of carbonyl (C=O) groups is 2. The van der Waals surface area contributed by atoms with E-state index in [-0.39, 0.29) is 11.8 Å². The van der Waals surface area contributed by atoms with Crippen molar-refractivity contribution in [2.75, 3.05) is 18.0 Å². The zero-order chi connectivity index (χ0) is 17.5. The molecule has 0 fully saturated rings. The number of carbonyl (C=O) groups excluding carboxylic acids is 2. The second-order valence-corrected chi connectivity index (χ2v) is 6.10. The van der Waals surface area contributed by atoms with Crippen LogP contribution < -0.4 is 10.2 Å². The van der Waals surface area contributed by atoms with Gasteiger partial charge in [-0.1, -0.05) is 47.5 Å². The molecule has 0 aromatic heterocycles. The van der Waals surface area contributed by atoms with Crippen molar-refractivity contribution < 1.29 is 9.59 Å². The average molecular weight is 345 g/mol. The molecule has 0 aliphatic heterocycles. The van der Waals surface area contributed by atoms with Crippen LogP contribution >= 0.6 is 11.6 Å². The molecular formula is C19H21ClN2O2. The van der Waals surface area contributed by atoms with Crippen molar-refractivity contribution in [1.29, 1.82) is 0 Å². The number of rotatable bonds is 6. The lowest BCUT2D eigenvalue weighted by atomic mass is 10.1. The standard InChI is InChI=1S/C19H21ClN2O2/c1-14-6-8-16(9-7-14)12-19(24)21-10-11-22(15(2)23)18-5-3-4-17(20)13-18/h3-9,13H,10-12H2,1-2H3,(H,21,24). The second kappa shape index (κ2) is 8.50. The first-order valence-electron chi connectivity index (χ1n) is 7.81. The first-order chi connectivity index (χ1) is 11.5. The molecule has 0 saturated carbocycles. The van der Waals surface area contributed by atoms with Gasteiger partial charge in [0.15, 0.2) is 0 Å². The number of amides is 2. The molecule has 2 amide bonds. The molecule has 0 unspecified atom stereocenters. The van der Waals surface area contributed by atoms with Crippen LogP contribution in [-0.4, -0.2) is 24.9 Å². The minimum absolute atomic E-state index is 0.0616. The highest BCUT2D eigenvalue weighted by atomic mass is 35.5. The Balaban J connectivity index is 1.87. The van der Waals surface area contributed by atoms with Gasteiger partial charge < -0.3 is 10.2 Å². The molecule has 0 radical (unpaired) electrons. The van der Waals surface area contributed by atoms with Crippen LogP contribution in [0.15, 0.2) is 48.5 Å². The van der Waals surface area contributed by atoms with Crippen LogP contribution in [0.4, 0.5) is 5.69 Å². The lowest BCUT2D eigenvalue weighted by Crippen LogP contribution is -2.38. The van der Waals surface area contributed by atoms with Crippen molar-refractivity contribution in [1.82, 2.24) is 5.32 Å². The van der Waals surface area contributed by atoms with Crippen molar-refractivity contribution in [2.24, 2.45) is 0 Å². The third kappa shape index (κ3) is 5.39. The third-order valence-corrected chi connectivity index (χ3v) is 3.88. The largest absolute Gasteiger partial charge is 0.354 e. The van der Waals surface area contributed by atoms with Gasteiger partial charge in [-0.15, -0.1) is 0 Å². The quantitative estimate of drug-likeness (QED) is 0.873. The van der Waals surface area contributed by atoms with Crippen molar-refractivity contribution >= 4 is 29.1 Å². The zero-order valence-electron chi connectivity index (χ0n) is 13.9. The Morgan fingerprint density at radius 2 is 1.83 bits per heavy atom. The summed E-state index contributed by atoms with van der Waals surface area (Å²) in [6.45, 7) is 4.29. The van der Waals surface area contributed by atoms with Gasteiger partial charge in [0, 0.05) is 30.7 Å². The van der Waals surface area contributed by atoms with Crippen molar-refractivity contribution in [3.05, 3.63) is 64.7 Å². The number of benzene rings is 2. The number of nitrogens with zero attached hydrogens (tertiary/aromatic N) is 1. The van der Waals surface area contributed by atoms with Crippen LogP contribution in [-0.2, 0) is 16.0 Å². The van der Waals surface area contributed by atoms with Crippen molar-refractivity contribution in [3.8, 4) is 0 Å². The van der Waals surface area contributed by atoms with Crippen molar-refractivity contribution in [2.45, 2.75) is 20.3 Å². The molecule has 0 atom stereocenters. The highest BCUT2D eigenvalue weighted by Gasteiger charge is 2.12. The molecule has 0 bridgehead atoms. The van der Waals surface area contributed by atoms with Crippen molar-refractivity contribution in [3.63, 3.8) is 0 Å². The number of nitrogens with one attached hydrogen (secondary N) is 1. The molecule has 2 rings (SSSR count). The van der Waals surface area contributed by atoms with Crippen LogP contribution in [0.5, 0.6) is 0 Å². The maximum absolute atomic E-state index is 12.0. The Morgan fingerprint density at radius 3 is 2.46 bits per heavy atom. The maximum Gasteiger partial charge on any atom is 0.224 e. The molecule has 5 heteroatoms. The summed E-state index contributed by atoms with van der Waals surface area (Å²) in [6.07, 6.45) is 0.331. The summed E-state index contributed by atoms with van der Waals surface area (Å²) in [6, 6.07) is 15.0. The second-order valence-electron chi connectivity index (χ2n) is 5.66. The summed E-state index contributed by atoms with van der Waals surface area (Å²) in [5.74, 6) is -0.154. The minimum Gasteiger partial charge on any atom is -0.354 e. The van der Waals surface area contributed by atoms with E-state index in [0.29, 0.717) is 24.5 Å². The molecule has 126 valence electrons. The summed E-state index contributed by atoms with van der Waals surface area (Å²) in [4.78, 5) is 25.4. The summed E-state index contributed by atoms with van der Waals surface area (Å²) >= 11 is 5.97. The summed E-state index contributed by atoms with van der Waals surface area (Å²) in [5.41, 5.74) is 2.86. The fraction of sp³-hybridized carbons (Fsp3) is 0.263. The van der Waals surface area contributed by atoms with Crippen LogP contribution in [0.2, 0.25) is 5.02 Å². The van der Waals surface area contributed by atoms with Gasteiger partial charge in [0.05, 0.1) is 6.42 Å². The Hall–Kier alpha value is -2.33. The van der Waals surface area contributed by atoms with E-state index in [0.717, 1.165) is 16.8 Å². The Kier molecular flexibility index (Phi) is 6.38. The Labute approximate surface area is 147 Å². The normalized spacial score (nSPS) is 10.3. The lowest BCUT2D eigenvalue weighted by molar-refractivity contribution is -0.121. The SMILES string of the molecule is CC(=O)N(CCNC(=O)Cc1ccc(C)cc1)c1cccc(Cl)c1. The summed E-state index contributed by atoms with van der Waals surface area (Å²) in [5, 5.41) is 3.42. The number of hydrogen-bond donors (Lipinski definition) is 1. The highest BCUT2D eigenvalue weighted by Crippen LogP contribution is 2.19. The van der Waals surface area contributed by atoms with Gasteiger partial charge in [0.2, 0.25) is 11.8 Å². The van der Waals surface area contributed by atoms with Crippen LogP contribution in [0, 0.1) is 6.92 Å². The van der Waals surface area contributed by atoms with Gasteiger partial charge in [-0.3, -0.25) is 9.59 Å². The molecular weight excluding hydrogens is 324 g/mol. The molecule has 0 aliphatic carbocycles. The van der Waals surface area contributed by atoms with E-state index in [1.54, 1.807) is 23.1 Å². The number of anilines is 1. The van der Waals surface area contributed by atoms with Gasteiger partial charge >= 0.3 is 0 Å².